The fourth-order valence-corrected chi connectivity index (χ4v) is 6.89. The lowest BCUT2D eigenvalue weighted by Gasteiger charge is -2.19. The summed E-state index contributed by atoms with van der Waals surface area (Å²) in [5.41, 5.74) is 5.35. The number of hydrogen-bond acceptors (Lipinski definition) is 8. The van der Waals surface area contributed by atoms with E-state index in [9.17, 15) is 19.0 Å². The molecule has 0 aromatic carbocycles. The van der Waals surface area contributed by atoms with E-state index in [1.54, 1.807) is 0 Å². The summed E-state index contributed by atoms with van der Waals surface area (Å²) in [6.45, 7) is 3.70. The van der Waals surface area contributed by atoms with Crippen molar-refractivity contribution in [3.05, 3.63) is 36.5 Å². The summed E-state index contributed by atoms with van der Waals surface area (Å²) < 4.78 is 32.8. The third-order valence-corrected chi connectivity index (χ3v) is 10.5. The van der Waals surface area contributed by atoms with Crippen molar-refractivity contribution in [1.29, 1.82) is 0 Å². The molecule has 0 radical (unpaired) electrons. The van der Waals surface area contributed by atoms with Gasteiger partial charge in [0.25, 0.3) is 0 Å². The summed E-state index contributed by atoms with van der Waals surface area (Å²) >= 11 is 0. The zero-order valence-electron chi connectivity index (χ0n) is 35.4. The second kappa shape index (κ2) is 41.9. The number of phosphoric acid groups is 1. The lowest BCUT2D eigenvalue weighted by atomic mass is 10.1. The Labute approximate surface area is 337 Å². The van der Waals surface area contributed by atoms with Gasteiger partial charge in [-0.05, 0) is 70.6 Å². The molecular formula is C45H84NO8P. The second-order valence-corrected chi connectivity index (χ2v) is 16.4. The Morgan fingerprint density at radius 1 is 0.545 bits per heavy atom. The molecule has 9 nitrogen and oxygen atoms in total. The molecule has 0 spiro atoms. The smallest absolute Gasteiger partial charge is 0.462 e. The summed E-state index contributed by atoms with van der Waals surface area (Å²) in [5.74, 6) is -0.836. The Morgan fingerprint density at radius 3 is 1.44 bits per heavy atom. The first-order valence-corrected chi connectivity index (χ1v) is 24.0. The van der Waals surface area contributed by atoms with Gasteiger partial charge in [-0.1, -0.05) is 159 Å². The minimum absolute atomic E-state index is 0.0516. The maximum Gasteiger partial charge on any atom is 0.472 e. The Morgan fingerprint density at radius 2 is 0.945 bits per heavy atom. The van der Waals surface area contributed by atoms with E-state index < -0.39 is 26.5 Å². The molecular weight excluding hydrogens is 713 g/mol. The van der Waals surface area contributed by atoms with Gasteiger partial charge < -0.3 is 20.1 Å². The summed E-state index contributed by atoms with van der Waals surface area (Å²) in [6.07, 6.45) is 45.9. The van der Waals surface area contributed by atoms with Crippen LogP contribution in [0.3, 0.4) is 0 Å². The van der Waals surface area contributed by atoms with Gasteiger partial charge in [0.15, 0.2) is 6.10 Å². The van der Waals surface area contributed by atoms with Crippen molar-refractivity contribution in [2.75, 3.05) is 26.4 Å². The topological polar surface area (TPSA) is 134 Å². The molecule has 0 saturated heterocycles. The number of carbonyl (C=O) groups excluding carboxylic acids is 2. The van der Waals surface area contributed by atoms with Crippen LogP contribution >= 0.6 is 7.82 Å². The van der Waals surface area contributed by atoms with Crippen molar-refractivity contribution < 1.29 is 37.6 Å². The number of hydrogen-bond donors (Lipinski definition) is 2. The van der Waals surface area contributed by atoms with Crippen molar-refractivity contribution in [2.24, 2.45) is 5.73 Å². The number of esters is 2. The summed E-state index contributed by atoms with van der Waals surface area (Å²) in [4.78, 5) is 34.9. The van der Waals surface area contributed by atoms with Crippen LogP contribution in [0.15, 0.2) is 36.5 Å². The molecule has 2 atom stereocenters. The molecule has 0 saturated carbocycles. The third kappa shape index (κ3) is 41.7. The highest BCUT2D eigenvalue weighted by molar-refractivity contribution is 7.47. The van der Waals surface area contributed by atoms with Crippen LogP contribution in [0.2, 0.25) is 0 Å². The quantitative estimate of drug-likeness (QED) is 0.0268. The SMILES string of the molecule is CCCCC/C=C/C/C=C/CCCCCCCCCC(=O)O[C@H](COC(=O)CCCCCCCCCCC/C=C/CCCCCC)COP(=O)(O)OCCN. The fourth-order valence-electron chi connectivity index (χ4n) is 6.13. The molecule has 0 aliphatic carbocycles. The van der Waals surface area contributed by atoms with Crippen LogP contribution in [-0.4, -0.2) is 49.3 Å². The predicted molar refractivity (Wildman–Crippen MR) is 229 cm³/mol. The Kier molecular flexibility index (Phi) is 40.5. The highest BCUT2D eigenvalue weighted by Crippen LogP contribution is 2.43. The van der Waals surface area contributed by atoms with Gasteiger partial charge in [-0.15, -0.1) is 0 Å². The summed E-state index contributed by atoms with van der Waals surface area (Å²) in [7, 11) is -4.38. The van der Waals surface area contributed by atoms with E-state index in [1.165, 1.54) is 122 Å². The predicted octanol–water partition coefficient (Wildman–Crippen LogP) is 12.9. The van der Waals surface area contributed by atoms with Crippen molar-refractivity contribution in [1.82, 2.24) is 0 Å². The highest BCUT2D eigenvalue weighted by Gasteiger charge is 2.26. The van der Waals surface area contributed by atoms with Crippen LogP contribution < -0.4 is 5.73 Å². The first kappa shape index (κ1) is 53.2. The van der Waals surface area contributed by atoms with E-state index in [1.807, 2.05) is 0 Å². The van der Waals surface area contributed by atoms with Crippen molar-refractivity contribution in [3.8, 4) is 0 Å². The average Bonchev–Trinajstić information content (AvgIpc) is 3.17. The van der Waals surface area contributed by atoms with Crippen LogP contribution in [0.1, 0.15) is 206 Å². The fraction of sp³-hybridized carbons (Fsp3) is 0.822. The minimum atomic E-state index is -4.38. The largest absolute Gasteiger partial charge is 0.472 e. The number of phosphoric ester groups is 1. The molecule has 0 bridgehead atoms. The van der Waals surface area contributed by atoms with Gasteiger partial charge in [-0.3, -0.25) is 18.6 Å². The Bertz CT molecular complexity index is 1000. The van der Waals surface area contributed by atoms with E-state index in [2.05, 4.69) is 50.3 Å². The van der Waals surface area contributed by atoms with Gasteiger partial charge in [-0.2, -0.15) is 0 Å². The normalized spacial score (nSPS) is 13.6. The monoisotopic (exact) mass is 798 g/mol. The number of unbranched alkanes of at least 4 members (excludes halogenated alkanes) is 23. The van der Waals surface area contributed by atoms with E-state index in [0.717, 1.165) is 51.4 Å². The first-order chi connectivity index (χ1) is 26.8. The third-order valence-electron chi connectivity index (χ3n) is 9.50. The molecule has 1 unspecified atom stereocenters. The van der Waals surface area contributed by atoms with E-state index in [0.29, 0.717) is 6.42 Å². The summed E-state index contributed by atoms with van der Waals surface area (Å²) in [6, 6.07) is 0. The van der Waals surface area contributed by atoms with E-state index >= 15 is 0 Å². The summed E-state index contributed by atoms with van der Waals surface area (Å²) in [5, 5.41) is 0. The van der Waals surface area contributed by atoms with Gasteiger partial charge in [0, 0.05) is 19.4 Å². The van der Waals surface area contributed by atoms with Gasteiger partial charge in [0.05, 0.1) is 13.2 Å². The number of nitrogens with two attached hydrogens (primary N) is 1. The second-order valence-electron chi connectivity index (χ2n) is 14.9. The van der Waals surface area contributed by atoms with E-state index in [4.69, 9.17) is 24.3 Å². The van der Waals surface area contributed by atoms with Crippen LogP contribution in [0, 0.1) is 0 Å². The van der Waals surface area contributed by atoms with Crippen molar-refractivity contribution >= 4 is 19.8 Å². The number of rotatable bonds is 42. The zero-order chi connectivity index (χ0) is 40.3. The average molecular weight is 798 g/mol. The lowest BCUT2D eigenvalue weighted by Crippen LogP contribution is -2.29. The molecule has 0 aliphatic heterocycles. The lowest BCUT2D eigenvalue weighted by molar-refractivity contribution is -0.161. The van der Waals surface area contributed by atoms with Gasteiger partial charge in [-0.25, -0.2) is 4.57 Å². The molecule has 55 heavy (non-hydrogen) atoms. The molecule has 0 aliphatic rings. The van der Waals surface area contributed by atoms with Crippen LogP contribution in [0.25, 0.3) is 0 Å². The zero-order valence-corrected chi connectivity index (χ0v) is 36.3. The molecule has 0 heterocycles. The van der Waals surface area contributed by atoms with Crippen molar-refractivity contribution in [3.63, 3.8) is 0 Å². The maximum absolute atomic E-state index is 12.6. The highest BCUT2D eigenvalue weighted by atomic mass is 31.2. The standard InChI is InChI=1S/C45H84NO8P/c1-3-5-7-9-11-13-15-17-19-21-23-25-27-29-31-33-35-37-44(47)51-41-43(42-53-55(49,50)52-40-39-46)54-45(48)38-36-34-32-30-28-26-24-22-20-18-16-14-12-10-8-6-4-2/h12-15,18,20,43H,3-11,16-17,19,21-42,46H2,1-2H3,(H,49,50)/b14-12+,15-13+,20-18+/t43-/m1/s1. The molecule has 0 aromatic rings. The molecule has 0 fully saturated rings. The maximum atomic E-state index is 12.6. The van der Waals surface area contributed by atoms with Crippen LogP contribution in [0.4, 0.5) is 0 Å². The molecule has 0 aromatic heterocycles. The van der Waals surface area contributed by atoms with Crippen molar-refractivity contribution in [2.45, 2.75) is 213 Å². The van der Waals surface area contributed by atoms with Crippen LogP contribution in [-0.2, 0) is 32.7 Å². The number of ether oxygens (including phenoxy) is 2. The minimum Gasteiger partial charge on any atom is -0.462 e. The van der Waals surface area contributed by atoms with E-state index in [-0.39, 0.29) is 38.6 Å². The van der Waals surface area contributed by atoms with Crippen LogP contribution in [0.5, 0.6) is 0 Å². The van der Waals surface area contributed by atoms with Gasteiger partial charge in [0.2, 0.25) is 0 Å². The first-order valence-electron chi connectivity index (χ1n) is 22.5. The molecule has 0 rings (SSSR count). The number of allylic oxidation sites excluding steroid dienone is 6. The molecule has 3 N–H and O–H groups in total. The molecule has 0 amide bonds. The van der Waals surface area contributed by atoms with Gasteiger partial charge in [0.1, 0.15) is 6.61 Å². The molecule has 322 valence electrons. The molecule has 10 heteroatoms. The number of carbonyl (C=O) groups is 2. The Hall–Kier alpha value is -1.77. The Balaban J connectivity index is 4.14. The van der Waals surface area contributed by atoms with Gasteiger partial charge >= 0.3 is 19.8 Å².